The van der Waals surface area contributed by atoms with Crippen molar-refractivity contribution >= 4 is 27.5 Å². The molecule has 21 heavy (non-hydrogen) atoms. The topological polar surface area (TPSA) is 98.5 Å². The van der Waals surface area contributed by atoms with Crippen LogP contribution in [0, 0.1) is 5.82 Å². The summed E-state index contributed by atoms with van der Waals surface area (Å²) in [6, 6.07) is 1.55. The fourth-order valence-electron chi connectivity index (χ4n) is 1.69. The van der Waals surface area contributed by atoms with Crippen LogP contribution in [0.15, 0.2) is 17.0 Å². The van der Waals surface area contributed by atoms with E-state index in [9.17, 15) is 17.6 Å². The molecule has 0 aliphatic carbocycles. The van der Waals surface area contributed by atoms with Crippen LogP contribution in [0.2, 0.25) is 5.02 Å². The zero-order chi connectivity index (χ0) is 16.4. The Morgan fingerprint density at radius 3 is 2.52 bits per heavy atom. The molecule has 0 saturated heterocycles. The second-order valence-electron chi connectivity index (χ2n) is 5.08. The van der Waals surface area contributed by atoms with Crippen molar-refractivity contribution < 1.29 is 22.3 Å². The van der Waals surface area contributed by atoms with Crippen LogP contribution in [0.5, 0.6) is 0 Å². The number of amides is 1. The summed E-state index contributed by atoms with van der Waals surface area (Å²) in [5.74, 6) is -1.74. The summed E-state index contributed by atoms with van der Waals surface area (Å²) in [5.41, 5.74) is -1.23. The van der Waals surface area contributed by atoms with Crippen LogP contribution in [-0.4, -0.2) is 33.6 Å². The van der Waals surface area contributed by atoms with Crippen molar-refractivity contribution in [2.75, 3.05) is 13.7 Å². The minimum Gasteiger partial charge on any atom is -0.382 e. The van der Waals surface area contributed by atoms with E-state index in [4.69, 9.17) is 21.5 Å². The summed E-state index contributed by atoms with van der Waals surface area (Å²) in [7, 11) is -2.71. The number of halogens is 2. The van der Waals surface area contributed by atoms with Crippen LogP contribution in [0.4, 0.5) is 4.39 Å². The summed E-state index contributed by atoms with van der Waals surface area (Å²) in [5, 5.41) is 7.11. The molecule has 1 aromatic rings. The molecular formula is C12H16ClFN2O4S. The Kier molecular flexibility index (Phi) is 5.32. The maximum Gasteiger partial charge on any atom is 0.254 e. The van der Waals surface area contributed by atoms with Gasteiger partial charge in [-0.05, 0) is 26.0 Å². The number of hydrogen-bond donors (Lipinski definition) is 2. The van der Waals surface area contributed by atoms with Crippen molar-refractivity contribution in [1.29, 1.82) is 0 Å². The number of hydrogen-bond acceptors (Lipinski definition) is 4. The first kappa shape index (κ1) is 17.8. The Hall–Kier alpha value is -1.22. The van der Waals surface area contributed by atoms with E-state index in [2.05, 4.69) is 5.32 Å². The smallest absolute Gasteiger partial charge is 0.254 e. The van der Waals surface area contributed by atoms with Crippen LogP contribution in [0.25, 0.3) is 0 Å². The summed E-state index contributed by atoms with van der Waals surface area (Å²) >= 11 is 5.62. The summed E-state index contributed by atoms with van der Waals surface area (Å²) in [4.78, 5) is 11.5. The molecule has 0 aliphatic rings. The van der Waals surface area contributed by atoms with E-state index >= 15 is 0 Å². The molecule has 0 bridgehead atoms. The largest absolute Gasteiger partial charge is 0.382 e. The molecule has 9 heteroatoms. The van der Waals surface area contributed by atoms with Gasteiger partial charge in [-0.3, -0.25) is 4.79 Å². The van der Waals surface area contributed by atoms with Crippen LogP contribution in [0.1, 0.15) is 24.2 Å². The monoisotopic (exact) mass is 338 g/mol. The molecule has 0 aromatic heterocycles. The number of nitrogens with one attached hydrogen (secondary N) is 1. The lowest BCUT2D eigenvalue weighted by atomic mass is 10.1. The minimum absolute atomic E-state index is 0.190. The van der Waals surface area contributed by atoms with Gasteiger partial charge in [0.2, 0.25) is 10.0 Å². The molecule has 1 rings (SSSR count). The number of nitrogens with two attached hydrogens (primary N) is 1. The molecule has 1 amide bonds. The maximum atomic E-state index is 13.8. The van der Waals surface area contributed by atoms with Crippen molar-refractivity contribution in [3.05, 3.63) is 28.5 Å². The third-order valence-corrected chi connectivity index (χ3v) is 3.91. The number of primary sulfonamides is 1. The second-order valence-corrected chi connectivity index (χ2v) is 7.02. The Morgan fingerprint density at radius 1 is 1.48 bits per heavy atom. The second kappa shape index (κ2) is 6.27. The molecule has 0 spiro atoms. The van der Waals surface area contributed by atoms with Crippen molar-refractivity contribution in [2.45, 2.75) is 24.3 Å². The number of sulfonamides is 1. The number of carbonyl (C=O) groups excluding carboxylic acids is 1. The lowest BCUT2D eigenvalue weighted by Gasteiger charge is -2.25. The number of benzene rings is 1. The summed E-state index contributed by atoms with van der Waals surface area (Å²) < 4.78 is 41.4. The van der Waals surface area contributed by atoms with Gasteiger partial charge in [-0.2, -0.15) is 0 Å². The average Bonchev–Trinajstić information content (AvgIpc) is 2.25. The lowest BCUT2D eigenvalue weighted by Crippen LogP contribution is -2.47. The standard InChI is InChI=1S/C12H16ClFN2O4S/c1-12(2,6-20-3)16-11(17)7-4-10(21(15,18)19)8(13)5-9(7)14/h4-5H,6H2,1-3H3,(H,16,17)(H2,15,18,19). The van der Waals surface area contributed by atoms with Gasteiger partial charge in [-0.1, -0.05) is 11.6 Å². The van der Waals surface area contributed by atoms with Gasteiger partial charge in [0.05, 0.1) is 22.7 Å². The zero-order valence-electron chi connectivity index (χ0n) is 11.7. The average molecular weight is 339 g/mol. The van der Waals surface area contributed by atoms with Crippen LogP contribution in [0.3, 0.4) is 0 Å². The Morgan fingerprint density at radius 2 is 2.05 bits per heavy atom. The van der Waals surface area contributed by atoms with Gasteiger partial charge in [0.25, 0.3) is 5.91 Å². The normalized spacial score (nSPS) is 12.3. The summed E-state index contributed by atoms with van der Waals surface area (Å²) in [6.45, 7) is 3.53. The predicted octanol–water partition coefficient (Wildman–Crippen LogP) is 1.28. The quantitative estimate of drug-likeness (QED) is 0.844. The van der Waals surface area contributed by atoms with Crippen LogP contribution >= 0.6 is 11.6 Å². The van der Waals surface area contributed by atoms with Gasteiger partial charge < -0.3 is 10.1 Å². The van der Waals surface area contributed by atoms with E-state index in [1.807, 2.05) is 0 Å². The molecule has 0 unspecified atom stereocenters. The van der Waals surface area contributed by atoms with Gasteiger partial charge >= 0.3 is 0 Å². The third kappa shape index (κ3) is 4.63. The number of carbonyl (C=O) groups is 1. The van der Waals surface area contributed by atoms with Crippen molar-refractivity contribution in [2.24, 2.45) is 5.14 Å². The van der Waals surface area contributed by atoms with E-state index < -0.39 is 37.7 Å². The van der Waals surface area contributed by atoms with E-state index in [1.165, 1.54) is 7.11 Å². The fraction of sp³-hybridized carbons (Fsp3) is 0.417. The molecule has 6 nitrogen and oxygen atoms in total. The van der Waals surface area contributed by atoms with Gasteiger partial charge in [0.15, 0.2) is 0 Å². The molecular weight excluding hydrogens is 323 g/mol. The highest BCUT2D eigenvalue weighted by atomic mass is 35.5. The lowest BCUT2D eigenvalue weighted by molar-refractivity contribution is 0.0816. The van der Waals surface area contributed by atoms with E-state index in [0.29, 0.717) is 0 Å². The molecule has 1 aromatic carbocycles. The van der Waals surface area contributed by atoms with E-state index in [1.54, 1.807) is 13.8 Å². The van der Waals surface area contributed by atoms with E-state index in [0.717, 1.165) is 12.1 Å². The molecule has 0 heterocycles. The first-order valence-corrected chi connectivity index (χ1v) is 7.73. The number of ether oxygens (including phenoxy) is 1. The highest BCUT2D eigenvalue weighted by Gasteiger charge is 2.25. The predicted molar refractivity (Wildman–Crippen MR) is 76.2 cm³/mol. The van der Waals surface area contributed by atoms with Gasteiger partial charge in [-0.15, -0.1) is 0 Å². The molecule has 0 radical (unpaired) electrons. The molecule has 118 valence electrons. The van der Waals surface area contributed by atoms with Gasteiger partial charge in [-0.25, -0.2) is 17.9 Å². The Labute approximate surface area is 127 Å². The molecule has 0 fully saturated rings. The fourth-order valence-corrected chi connectivity index (χ4v) is 2.78. The minimum atomic E-state index is -4.16. The van der Waals surface area contributed by atoms with Gasteiger partial charge in [0, 0.05) is 7.11 Å². The van der Waals surface area contributed by atoms with E-state index in [-0.39, 0.29) is 11.6 Å². The first-order chi connectivity index (χ1) is 9.48. The van der Waals surface area contributed by atoms with Crippen LogP contribution in [-0.2, 0) is 14.8 Å². The first-order valence-electron chi connectivity index (χ1n) is 5.81. The SMILES string of the molecule is COCC(C)(C)NC(=O)c1cc(S(N)(=O)=O)c(Cl)cc1F. The third-order valence-electron chi connectivity index (χ3n) is 2.53. The molecule has 0 aliphatic heterocycles. The highest BCUT2D eigenvalue weighted by Crippen LogP contribution is 2.24. The van der Waals surface area contributed by atoms with Crippen LogP contribution < -0.4 is 10.5 Å². The summed E-state index contributed by atoms with van der Waals surface area (Å²) in [6.07, 6.45) is 0. The van der Waals surface area contributed by atoms with Crippen molar-refractivity contribution in [3.8, 4) is 0 Å². The molecule has 0 atom stereocenters. The Bertz CT molecular complexity index is 661. The van der Waals surface area contributed by atoms with Crippen molar-refractivity contribution in [3.63, 3.8) is 0 Å². The zero-order valence-corrected chi connectivity index (χ0v) is 13.3. The highest BCUT2D eigenvalue weighted by molar-refractivity contribution is 7.89. The molecule has 3 N–H and O–H groups in total. The number of rotatable bonds is 5. The maximum absolute atomic E-state index is 13.8. The van der Waals surface area contributed by atoms with Gasteiger partial charge in [0.1, 0.15) is 10.7 Å². The Balaban J connectivity index is 3.22. The van der Waals surface area contributed by atoms with Crippen molar-refractivity contribution in [1.82, 2.24) is 5.32 Å². The number of methoxy groups -OCH3 is 1. The molecule has 0 saturated carbocycles.